The van der Waals surface area contributed by atoms with Gasteiger partial charge < -0.3 is 9.88 Å². The number of aromatic amines is 1. The van der Waals surface area contributed by atoms with Crippen molar-refractivity contribution < 1.29 is 0 Å². The number of hydrogen-bond acceptors (Lipinski definition) is 1. The summed E-state index contributed by atoms with van der Waals surface area (Å²) in [5, 5.41) is 1.40. The number of halogens is 1. The van der Waals surface area contributed by atoms with Gasteiger partial charge in [0, 0.05) is 23.1 Å². The van der Waals surface area contributed by atoms with E-state index in [1.165, 1.54) is 55.2 Å². The Morgan fingerprint density at radius 1 is 1.26 bits per heavy atom. The van der Waals surface area contributed by atoms with Gasteiger partial charge >= 0.3 is 0 Å². The first-order chi connectivity index (χ1) is 8.88. The van der Waals surface area contributed by atoms with Crippen LogP contribution in [0.3, 0.4) is 0 Å². The highest BCUT2D eigenvalue weighted by atomic mass is 35.5. The highest BCUT2D eigenvalue weighted by Crippen LogP contribution is 2.24. The molecule has 104 valence electrons. The van der Waals surface area contributed by atoms with Gasteiger partial charge in [-0.25, -0.2) is 0 Å². The molecule has 1 aliphatic rings. The number of nitrogens with zero attached hydrogens (tertiary/aromatic N) is 1. The third kappa shape index (κ3) is 2.96. The maximum atomic E-state index is 3.39. The lowest BCUT2D eigenvalue weighted by Crippen LogP contribution is -2.40. The van der Waals surface area contributed by atoms with Crippen LogP contribution < -0.4 is 0 Å². The molecule has 0 radical (unpaired) electrons. The quantitative estimate of drug-likeness (QED) is 0.899. The van der Waals surface area contributed by atoms with Crippen molar-refractivity contribution in [3.05, 3.63) is 36.0 Å². The zero-order valence-corrected chi connectivity index (χ0v) is 12.4. The summed E-state index contributed by atoms with van der Waals surface area (Å²) in [4.78, 5) is 6.04. The largest absolute Gasteiger partial charge is 0.361 e. The summed E-state index contributed by atoms with van der Waals surface area (Å²) in [5.74, 6) is 0. The van der Waals surface area contributed by atoms with Crippen molar-refractivity contribution in [2.24, 2.45) is 0 Å². The van der Waals surface area contributed by atoms with E-state index in [0.29, 0.717) is 0 Å². The van der Waals surface area contributed by atoms with Crippen LogP contribution in [0.2, 0.25) is 0 Å². The van der Waals surface area contributed by atoms with Gasteiger partial charge in [0.2, 0.25) is 0 Å². The zero-order valence-electron chi connectivity index (χ0n) is 11.6. The third-order valence-corrected chi connectivity index (χ3v) is 4.29. The normalized spacial score (nSPS) is 20.4. The Morgan fingerprint density at radius 3 is 2.95 bits per heavy atom. The molecule has 1 aliphatic heterocycles. The summed E-state index contributed by atoms with van der Waals surface area (Å²) in [6.07, 6.45) is 7.51. The molecule has 3 heteroatoms. The number of fused-ring (bicyclic) bond motifs is 1. The first kappa shape index (κ1) is 14.4. The van der Waals surface area contributed by atoms with Gasteiger partial charge in [-0.1, -0.05) is 31.5 Å². The van der Waals surface area contributed by atoms with E-state index in [0.717, 1.165) is 6.04 Å². The fourth-order valence-corrected chi connectivity index (χ4v) is 3.26. The minimum absolute atomic E-state index is 0. The Bertz CT molecular complexity index is 520. The van der Waals surface area contributed by atoms with Crippen molar-refractivity contribution in [3.63, 3.8) is 0 Å². The molecule has 2 heterocycles. The number of H-pyrrole nitrogens is 1. The smallest absolute Gasteiger partial charge is 0.0456 e. The summed E-state index contributed by atoms with van der Waals surface area (Å²) in [6.45, 7) is 4.75. The molecule has 1 fully saturated rings. The number of para-hydroxylation sites is 1. The number of likely N-dealkylation sites (tertiary alicyclic amines) is 1. The van der Waals surface area contributed by atoms with Gasteiger partial charge in [0.25, 0.3) is 0 Å². The van der Waals surface area contributed by atoms with Crippen molar-refractivity contribution >= 4 is 23.3 Å². The molecule has 1 N–H and O–H groups in total. The highest BCUT2D eigenvalue weighted by molar-refractivity contribution is 5.85. The fourth-order valence-electron chi connectivity index (χ4n) is 3.26. The van der Waals surface area contributed by atoms with Crippen molar-refractivity contribution in [1.82, 2.24) is 9.88 Å². The van der Waals surface area contributed by atoms with E-state index in [-0.39, 0.29) is 12.4 Å². The molecule has 1 atom stereocenters. The van der Waals surface area contributed by atoms with Crippen molar-refractivity contribution in [2.45, 2.75) is 38.6 Å². The summed E-state index contributed by atoms with van der Waals surface area (Å²) in [6, 6.07) is 9.38. The molecule has 0 saturated carbocycles. The Labute approximate surface area is 121 Å². The van der Waals surface area contributed by atoms with Crippen LogP contribution >= 0.6 is 12.4 Å². The van der Waals surface area contributed by atoms with E-state index in [1.807, 2.05) is 0 Å². The minimum atomic E-state index is 0. The predicted molar refractivity (Wildman–Crippen MR) is 84.1 cm³/mol. The monoisotopic (exact) mass is 278 g/mol. The lowest BCUT2D eigenvalue weighted by molar-refractivity contribution is 0.156. The summed E-state index contributed by atoms with van der Waals surface area (Å²) < 4.78 is 0. The summed E-state index contributed by atoms with van der Waals surface area (Å²) in [7, 11) is 0. The fraction of sp³-hybridized carbons (Fsp3) is 0.500. The molecular formula is C16H23ClN2. The van der Waals surface area contributed by atoms with Crippen LogP contribution in [0.1, 0.15) is 31.7 Å². The van der Waals surface area contributed by atoms with Crippen LogP contribution in [0, 0.1) is 0 Å². The van der Waals surface area contributed by atoms with Crippen molar-refractivity contribution in [1.29, 1.82) is 0 Å². The highest BCUT2D eigenvalue weighted by Gasteiger charge is 2.21. The van der Waals surface area contributed by atoms with Gasteiger partial charge in [-0.15, -0.1) is 12.4 Å². The van der Waals surface area contributed by atoms with Crippen LogP contribution in [0.5, 0.6) is 0 Å². The molecule has 0 amide bonds. The van der Waals surface area contributed by atoms with E-state index in [1.54, 1.807) is 0 Å². The number of nitrogens with one attached hydrogen (secondary N) is 1. The van der Waals surface area contributed by atoms with Gasteiger partial charge in [-0.05, 0) is 44.0 Å². The second-order valence-corrected chi connectivity index (χ2v) is 5.34. The molecule has 1 aromatic carbocycles. The number of likely N-dealkylation sites (N-methyl/N-ethyl adjacent to an activating group) is 1. The van der Waals surface area contributed by atoms with Gasteiger partial charge in [-0.2, -0.15) is 0 Å². The second kappa shape index (κ2) is 6.44. The Balaban J connectivity index is 0.00000133. The van der Waals surface area contributed by atoms with Crippen LogP contribution in [-0.4, -0.2) is 29.0 Å². The molecule has 2 nitrogen and oxygen atoms in total. The maximum Gasteiger partial charge on any atom is 0.0456 e. The van der Waals surface area contributed by atoms with E-state index >= 15 is 0 Å². The topological polar surface area (TPSA) is 19.0 Å². The van der Waals surface area contributed by atoms with Crippen LogP contribution in [0.4, 0.5) is 0 Å². The average molecular weight is 279 g/mol. The maximum absolute atomic E-state index is 3.39. The van der Waals surface area contributed by atoms with E-state index in [9.17, 15) is 0 Å². The first-order valence-electron chi connectivity index (χ1n) is 7.17. The summed E-state index contributed by atoms with van der Waals surface area (Å²) >= 11 is 0. The van der Waals surface area contributed by atoms with Crippen LogP contribution in [0.25, 0.3) is 10.9 Å². The molecule has 19 heavy (non-hydrogen) atoms. The van der Waals surface area contributed by atoms with Gasteiger partial charge in [0.15, 0.2) is 0 Å². The third-order valence-electron chi connectivity index (χ3n) is 4.29. The Hall–Kier alpha value is -0.990. The minimum Gasteiger partial charge on any atom is -0.361 e. The van der Waals surface area contributed by atoms with Gasteiger partial charge in [0.05, 0.1) is 0 Å². The Kier molecular flexibility index (Phi) is 4.89. The standard InChI is InChI=1S/C16H22N2.ClH/c1-2-18-10-6-5-7-14(18)11-13-12-17-16-9-4-3-8-15(13)16;/h3-4,8-9,12,14,17H,2,5-7,10-11H2,1H3;1H. The van der Waals surface area contributed by atoms with E-state index < -0.39 is 0 Å². The lowest BCUT2D eigenvalue weighted by Gasteiger charge is -2.34. The average Bonchev–Trinajstić information content (AvgIpc) is 2.83. The van der Waals surface area contributed by atoms with Crippen molar-refractivity contribution in [2.75, 3.05) is 13.1 Å². The summed E-state index contributed by atoms with van der Waals surface area (Å²) in [5.41, 5.74) is 2.75. The molecule has 1 saturated heterocycles. The Morgan fingerprint density at radius 2 is 2.11 bits per heavy atom. The SMILES string of the molecule is CCN1CCCCC1Cc1c[nH]c2ccccc12.Cl. The van der Waals surface area contributed by atoms with E-state index in [2.05, 4.69) is 47.3 Å². The molecule has 1 aromatic heterocycles. The molecule has 2 aromatic rings. The van der Waals surface area contributed by atoms with Crippen LogP contribution in [0.15, 0.2) is 30.5 Å². The molecule has 0 aliphatic carbocycles. The number of rotatable bonds is 3. The van der Waals surface area contributed by atoms with Gasteiger partial charge in [0.1, 0.15) is 0 Å². The van der Waals surface area contributed by atoms with Crippen molar-refractivity contribution in [3.8, 4) is 0 Å². The first-order valence-corrected chi connectivity index (χ1v) is 7.17. The molecule has 0 spiro atoms. The van der Waals surface area contributed by atoms with Crippen LogP contribution in [-0.2, 0) is 6.42 Å². The predicted octanol–water partition coefficient (Wildman–Crippen LogP) is 4.01. The molecule has 1 unspecified atom stereocenters. The number of piperidine rings is 1. The molecule has 0 bridgehead atoms. The lowest BCUT2D eigenvalue weighted by atomic mass is 9.95. The molecular weight excluding hydrogens is 256 g/mol. The number of aromatic nitrogens is 1. The number of benzene rings is 1. The number of hydrogen-bond donors (Lipinski definition) is 1. The zero-order chi connectivity index (χ0) is 12.4. The second-order valence-electron chi connectivity index (χ2n) is 5.34. The van der Waals surface area contributed by atoms with Gasteiger partial charge in [-0.3, -0.25) is 0 Å². The van der Waals surface area contributed by atoms with E-state index in [4.69, 9.17) is 0 Å². The molecule has 3 rings (SSSR count).